The van der Waals surface area contributed by atoms with Gasteiger partial charge in [0.15, 0.2) is 5.13 Å². The maximum Gasteiger partial charge on any atom is 0.226 e. The van der Waals surface area contributed by atoms with Crippen molar-refractivity contribution in [2.75, 3.05) is 5.32 Å². The van der Waals surface area contributed by atoms with Crippen LogP contribution in [0.4, 0.5) is 5.13 Å². The van der Waals surface area contributed by atoms with E-state index in [1.165, 1.54) is 30.5 Å². The molecule has 22 heavy (non-hydrogen) atoms. The van der Waals surface area contributed by atoms with Crippen molar-refractivity contribution in [2.45, 2.75) is 25.7 Å². The molecule has 0 aliphatic heterocycles. The normalized spacial score (nSPS) is 14.4. The van der Waals surface area contributed by atoms with Crippen LogP contribution >= 0.6 is 11.3 Å². The Hall–Kier alpha value is -2.28. The van der Waals surface area contributed by atoms with E-state index in [2.05, 4.69) is 25.3 Å². The number of carbonyl (C=O) groups is 1. The minimum absolute atomic E-state index is 0. The Balaban J connectivity index is 0.00000156. The molecule has 1 fully saturated rings. The minimum Gasteiger partial charge on any atom is -0.346 e. The maximum absolute atomic E-state index is 11.9. The molecule has 1 aliphatic rings. The van der Waals surface area contributed by atoms with Crippen LogP contribution in [0.5, 0.6) is 0 Å². The number of aromatic nitrogens is 4. The minimum atomic E-state index is 0. The third kappa shape index (κ3) is 2.71. The lowest BCUT2D eigenvalue weighted by molar-refractivity contribution is -0.116. The van der Waals surface area contributed by atoms with E-state index in [0.29, 0.717) is 11.6 Å². The fourth-order valence-electron chi connectivity index (χ4n) is 2.44. The summed E-state index contributed by atoms with van der Waals surface area (Å²) in [7, 11) is 0. The van der Waals surface area contributed by atoms with Crippen molar-refractivity contribution >= 4 is 33.4 Å². The molecule has 0 unspecified atom stereocenters. The van der Waals surface area contributed by atoms with Crippen molar-refractivity contribution in [3.63, 3.8) is 0 Å². The van der Waals surface area contributed by atoms with Crippen molar-refractivity contribution in [1.29, 1.82) is 0 Å². The van der Waals surface area contributed by atoms with Gasteiger partial charge in [-0.2, -0.15) is 0 Å². The SMILES string of the molecule is O=C(CCC1CC1)Nc1nc(-c2ncnc3[nH]ccc23)cs1.[HH]. The number of thiazole rings is 1. The van der Waals surface area contributed by atoms with Gasteiger partial charge < -0.3 is 10.3 Å². The number of hydrogen-bond acceptors (Lipinski definition) is 5. The van der Waals surface area contributed by atoms with E-state index < -0.39 is 0 Å². The van der Waals surface area contributed by atoms with E-state index in [1.54, 1.807) is 0 Å². The van der Waals surface area contributed by atoms with Crippen LogP contribution in [-0.4, -0.2) is 25.8 Å². The number of amides is 1. The summed E-state index contributed by atoms with van der Waals surface area (Å²) in [5.74, 6) is 0.808. The highest BCUT2D eigenvalue weighted by Crippen LogP contribution is 2.33. The lowest BCUT2D eigenvalue weighted by Crippen LogP contribution is -2.11. The average Bonchev–Trinajstić information content (AvgIpc) is 3.03. The van der Waals surface area contributed by atoms with Crippen molar-refractivity contribution in [2.24, 2.45) is 5.92 Å². The van der Waals surface area contributed by atoms with E-state index >= 15 is 0 Å². The molecule has 0 aromatic carbocycles. The van der Waals surface area contributed by atoms with Gasteiger partial charge in [-0.1, -0.05) is 12.8 Å². The van der Waals surface area contributed by atoms with Crippen molar-refractivity contribution in [3.8, 4) is 11.4 Å². The first-order chi connectivity index (χ1) is 10.8. The lowest BCUT2D eigenvalue weighted by Gasteiger charge is -2.00. The Morgan fingerprint density at radius 1 is 1.45 bits per heavy atom. The van der Waals surface area contributed by atoms with E-state index in [4.69, 9.17) is 0 Å². The molecule has 0 bridgehead atoms. The molecule has 3 heterocycles. The smallest absolute Gasteiger partial charge is 0.226 e. The van der Waals surface area contributed by atoms with Gasteiger partial charge in [-0.3, -0.25) is 4.79 Å². The van der Waals surface area contributed by atoms with E-state index in [1.807, 2.05) is 17.6 Å². The molecule has 1 saturated carbocycles. The number of aromatic amines is 1. The van der Waals surface area contributed by atoms with Gasteiger partial charge in [0.25, 0.3) is 0 Å². The predicted molar refractivity (Wildman–Crippen MR) is 87.7 cm³/mol. The Bertz CT molecular complexity index is 826. The third-order valence-electron chi connectivity index (χ3n) is 3.82. The molecule has 0 saturated heterocycles. The van der Waals surface area contributed by atoms with Gasteiger partial charge in [-0.15, -0.1) is 11.3 Å². The van der Waals surface area contributed by atoms with Gasteiger partial charge in [0.05, 0.1) is 0 Å². The largest absolute Gasteiger partial charge is 0.346 e. The third-order valence-corrected chi connectivity index (χ3v) is 4.58. The molecule has 2 N–H and O–H groups in total. The molecule has 3 aromatic heterocycles. The first kappa shape index (κ1) is 13.4. The molecule has 0 spiro atoms. The number of nitrogens with one attached hydrogen (secondary N) is 2. The number of carbonyl (C=O) groups excluding carboxylic acids is 1. The molecular formula is C15H17N5OS. The number of rotatable bonds is 5. The van der Waals surface area contributed by atoms with E-state index in [-0.39, 0.29) is 7.33 Å². The predicted octanol–water partition coefficient (Wildman–Crippen LogP) is 3.46. The molecule has 1 amide bonds. The summed E-state index contributed by atoms with van der Waals surface area (Å²) >= 11 is 1.42. The van der Waals surface area contributed by atoms with Gasteiger partial charge >= 0.3 is 0 Å². The molecule has 0 atom stereocenters. The van der Waals surface area contributed by atoms with Crippen molar-refractivity contribution in [3.05, 3.63) is 24.0 Å². The lowest BCUT2D eigenvalue weighted by atomic mass is 10.2. The summed E-state index contributed by atoms with van der Waals surface area (Å²) in [6.07, 6.45) is 7.45. The Morgan fingerprint density at radius 2 is 2.36 bits per heavy atom. The van der Waals surface area contributed by atoms with Crippen LogP contribution in [0.3, 0.4) is 0 Å². The Morgan fingerprint density at radius 3 is 3.23 bits per heavy atom. The number of fused-ring (bicyclic) bond motifs is 1. The number of nitrogens with zero attached hydrogens (tertiary/aromatic N) is 3. The van der Waals surface area contributed by atoms with Gasteiger partial charge in [-0.25, -0.2) is 15.0 Å². The number of anilines is 1. The monoisotopic (exact) mass is 315 g/mol. The fourth-order valence-corrected chi connectivity index (χ4v) is 3.15. The van der Waals surface area contributed by atoms with Gasteiger partial charge in [0.1, 0.15) is 23.4 Å². The molecule has 3 aromatic rings. The van der Waals surface area contributed by atoms with Crippen LogP contribution in [0.2, 0.25) is 0 Å². The quantitative estimate of drug-likeness (QED) is 0.755. The highest BCUT2D eigenvalue weighted by molar-refractivity contribution is 7.14. The Kier molecular flexibility index (Phi) is 3.34. The van der Waals surface area contributed by atoms with E-state index in [9.17, 15) is 4.79 Å². The second-order valence-corrected chi connectivity index (χ2v) is 6.39. The van der Waals surface area contributed by atoms with Gasteiger partial charge in [-0.05, 0) is 18.4 Å². The summed E-state index contributed by atoms with van der Waals surface area (Å²) in [5, 5.41) is 6.34. The van der Waals surface area contributed by atoms with Crippen molar-refractivity contribution < 1.29 is 6.22 Å². The van der Waals surface area contributed by atoms with Crippen LogP contribution < -0.4 is 5.32 Å². The van der Waals surface area contributed by atoms with Crippen LogP contribution in [0, 0.1) is 5.92 Å². The van der Waals surface area contributed by atoms with Crippen LogP contribution in [0.25, 0.3) is 22.4 Å². The first-order valence-corrected chi connectivity index (χ1v) is 8.21. The zero-order chi connectivity index (χ0) is 14.9. The first-order valence-electron chi connectivity index (χ1n) is 7.33. The molecule has 7 heteroatoms. The second-order valence-electron chi connectivity index (χ2n) is 5.53. The summed E-state index contributed by atoms with van der Waals surface area (Å²) in [6.45, 7) is 0. The highest BCUT2D eigenvalue weighted by atomic mass is 32.1. The zero-order valence-corrected chi connectivity index (χ0v) is 12.7. The summed E-state index contributed by atoms with van der Waals surface area (Å²) < 4.78 is 0. The Labute approximate surface area is 132 Å². The van der Waals surface area contributed by atoms with Gasteiger partial charge in [0.2, 0.25) is 5.91 Å². The van der Waals surface area contributed by atoms with Crippen molar-refractivity contribution in [1.82, 2.24) is 19.9 Å². The standard InChI is InChI=1S/C15H15N5OS.H2/c21-12(4-3-9-1-2-9)20-15-19-11(7-22-15)13-10-5-6-16-14(10)18-8-17-13;/h5-9H,1-4H2,(H,16,17,18)(H,19,20,21);1H. The van der Waals surface area contributed by atoms with Gasteiger partial charge in [0, 0.05) is 24.8 Å². The van der Waals surface area contributed by atoms with E-state index in [0.717, 1.165) is 34.8 Å². The molecular weight excluding hydrogens is 298 g/mol. The molecule has 1 aliphatic carbocycles. The van der Waals surface area contributed by atoms with Crippen LogP contribution in [0.1, 0.15) is 27.1 Å². The molecule has 4 rings (SSSR count). The van der Waals surface area contributed by atoms with Crippen LogP contribution in [-0.2, 0) is 4.79 Å². The topological polar surface area (TPSA) is 83.6 Å². The summed E-state index contributed by atoms with van der Waals surface area (Å²) in [6, 6.07) is 1.93. The number of H-pyrrole nitrogens is 1. The summed E-state index contributed by atoms with van der Waals surface area (Å²) in [5.41, 5.74) is 2.32. The highest BCUT2D eigenvalue weighted by Gasteiger charge is 2.22. The zero-order valence-electron chi connectivity index (χ0n) is 11.9. The fraction of sp³-hybridized carbons (Fsp3) is 0.333. The number of hydrogen-bond donors (Lipinski definition) is 2. The molecule has 6 nitrogen and oxygen atoms in total. The van der Waals surface area contributed by atoms with Crippen LogP contribution in [0.15, 0.2) is 24.0 Å². The second kappa shape index (κ2) is 5.49. The maximum atomic E-state index is 11.9. The average molecular weight is 315 g/mol. The summed E-state index contributed by atoms with van der Waals surface area (Å²) in [4.78, 5) is 27.9. The molecule has 0 radical (unpaired) electrons. The molecule has 114 valence electrons.